The van der Waals surface area contributed by atoms with E-state index in [0.29, 0.717) is 0 Å². The van der Waals surface area contributed by atoms with E-state index in [4.69, 9.17) is 5.73 Å². The lowest BCUT2D eigenvalue weighted by atomic mass is 10.0. The highest BCUT2D eigenvalue weighted by molar-refractivity contribution is 5.15. The van der Waals surface area contributed by atoms with Crippen LogP contribution in [0.15, 0.2) is 36.4 Å². The SMILES string of the molecule is CCc1cc(CC(N)CCCc2ccccc2)n(C)n1. The van der Waals surface area contributed by atoms with Crippen LogP contribution in [-0.2, 0) is 26.3 Å². The molecule has 0 bridgehead atoms. The first-order valence-electron chi connectivity index (χ1n) is 7.50. The van der Waals surface area contributed by atoms with Crippen molar-refractivity contribution in [2.75, 3.05) is 0 Å². The minimum absolute atomic E-state index is 0.221. The van der Waals surface area contributed by atoms with Gasteiger partial charge < -0.3 is 5.73 Å². The topological polar surface area (TPSA) is 43.8 Å². The van der Waals surface area contributed by atoms with E-state index < -0.39 is 0 Å². The maximum absolute atomic E-state index is 6.25. The first-order valence-corrected chi connectivity index (χ1v) is 7.50. The molecule has 0 radical (unpaired) electrons. The molecular formula is C17H25N3. The molecule has 2 N–H and O–H groups in total. The molecule has 3 heteroatoms. The van der Waals surface area contributed by atoms with Crippen LogP contribution in [-0.4, -0.2) is 15.8 Å². The van der Waals surface area contributed by atoms with Crippen LogP contribution < -0.4 is 5.73 Å². The number of aromatic nitrogens is 2. The third-order valence-electron chi connectivity index (χ3n) is 3.74. The second-order valence-corrected chi connectivity index (χ2v) is 5.45. The van der Waals surface area contributed by atoms with Crippen molar-refractivity contribution in [3.05, 3.63) is 53.3 Å². The normalized spacial score (nSPS) is 12.6. The predicted octanol–water partition coefficient (Wildman–Crippen LogP) is 2.88. The molecule has 0 fully saturated rings. The molecule has 0 saturated carbocycles. The molecule has 0 amide bonds. The van der Waals surface area contributed by atoms with Crippen LogP contribution in [0.5, 0.6) is 0 Å². The summed E-state index contributed by atoms with van der Waals surface area (Å²) in [5.41, 5.74) is 10.0. The van der Waals surface area contributed by atoms with E-state index in [1.165, 1.54) is 11.3 Å². The summed E-state index contributed by atoms with van der Waals surface area (Å²) >= 11 is 0. The zero-order valence-electron chi connectivity index (χ0n) is 12.5. The van der Waals surface area contributed by atoms with Crippen LogP contribution in [0.2, 0.25) is 0 Å². The van der Waals surface area contributed by atoms with Gasteiger partial charge in [-0.2, -0.15) is 5.10 Å². The first-order chi connectivity index (χ1) is 9.69. The second-order valence-electron chi connectivity index (χ2n) is 5.45. The Morgan fingerprint density at radius 3 is 2.65 bits per heavy atom. The fraction of sp³-hybridized carbons (Fsp3) is 0.471. The zero-order valence-corrected chi connectivity index (χ0v) is 12.5. The molecule has 2 aromatic rings. The molecule has 2 rings (SSSR count). The average Bonchev–Trinajstić information content (AvgIpc) is 2.80. The van der Waals surface area contributed by atoms with Gasteiger partial charge in [0.05, 0.1) is 5.69 Å². The maximum Gasteiger partial charge on any atom is 0.0624 e. The third kappa shape index (κ3) is 4.20. The van der Waals surface area contributed by atoms with Gasteiger partial charge in [-0.25, -0.2) is 0 Å². The van der Waals surface area contributed by atoms with Gasteiger partial charge in [0.1, 0.15) is 0 Å². The van der Waals surface area contributed by atoms with Gasteiger partial charge in [0, 0.05) is 25.2 Å². The summed E-state index contributed by atoms with van der Waals surface area (Å²) in [6.07, 6.45) is 5.21. The van der Waals surface area contributed by atoms with Crippen molar-refractivity contribution < 1.29 is 0 Å². The molecule has 0 saturated heterocycles. The number of benzene rings is 1. The van der Waals surface area contributed by atoms with E-state index in [9.17, 15) is 0 Å². The number of hydrogen-bond acceptors (Lipinski definition) is 2. The van der Waals surface area contributed by atoms with Gasteiger partial charge >= 0.3 is 0 Å². The standard InChI is InChI=1S/C17H25N3/c1-3-16-13-17(20(2)19-16)12-15(18)11-7-10-14-8-5-4-6-9-14/h4-6,8-9,13,15H,3,7,10-12,18H2,1-2H3. The first kappa shape index (κ1) is 14.8. The number of rotatable bonds is 7. The van der Waals surface area contributed by atoms with Crippen molar-refractivity contribution in [3.63, 3.8) is 0 Å². The highest BCUT2D eigenvalue weighted by Crippen LogP contribution is 2.11. The van der Waals surface area contributed by atoms with Crippen molar-refractivity contribution in [1.29, 1.82) is 0 Å². The molecule has 1 atom stereocenters. The Morgan fingerprint density at radius 2 is 2.00 bits per heavy atom. The molecule has 108 valence electrons. The predicted molar refractivity (Wildman–Crippen MR) is 83.6 cm³/mol. The number of nitrogens with two attached hydrogens (primary N) is 1. The van der Waals surface area contributed by atoms with Crippen LogP contribution in [0, 0.1) is 0 Å². The molecule has 0 aliphatic heterocycles. The summed E-state index contributed by atoms with van der Waals surface area (Å²) in [7, 11) is 2.01. The fourth-order valence-electron chi connectivity index (χ4n) is 2.52. The molecule has 3 nitrogen and oxygen atoms in total. The Balaban J connectivity index is 1.77. The van der Waals surface area contributed by atoms with Gasteiger partial charge in [-0.15, -0.1) is 0 Å². The van der Waals surface area contributed by atoms with Crippen molar-refractivity contribution >= 4 is 0 Å². The van der Waals surface area contributed by atoms with Crippen LogP contribution in [0.25, 0.3) is 0 Å². The summed E-state index contributed by atoms with van der Waals surface area (Å²) in [6.45, 7) is 2.13. The Hall–Kier alpha value is -1.61. The Labute approximate surface area is 121 Å². The van der Waals surface area contributed by atoms with Crippen molar-refractivity contribution in [2.24, 2.45) is 12.8 Å². The lowest BCUT2D eigenvalue weighted by Gasteiger charge is -2.11. The lowest BCUT2D eigenvalue weighted by molar-refractivity contribution is 0.556. The summed E-state index contributed by atoms with van der Waals surface area (Å²) in [5, 5.41) is 4.47. The van der Waals surface area contributed by atoms with E-state index in [1.54, 1.807) is 0 Å². The van der Waals surface area contributed by atoms with E-state index in [-0.39, 0.29) is 6.04 Å². The van der Waals surface area contributed by atoms with E-state index >= 15 is 0 Å². The molecule has 1 heterocycles. The Kier molecular flexibility index (Phi) is 5.36. The molecule has 20 heavy (non-hydrogen) atoms. The molecule has 0 aliphatic rings. The highest BCUT2D eigenvalue weighted by atomic mass is 15.3. The minimum atomic E-state index is 0.221. The van der Waals surface area contributed by atoms with Crippen molar-refractivity contribution in [2.45, 2.75) is 45.1 Å². The van der Waals surface area contributed by atoms with Gasteiger partial charge in [0.25, 0.3) is 0 Å². The monoisotopic (exact) mass is 271 g/mol. The quantitative estimate of drug-likeness (QED) is 0.841. The summed E-state index contributed by atoms with van der Waals surface area (Å²) in [5.74, 6) is 0. The van der Waals surface area contributed by atoms with Gasteiger partial charge in [-0.1, -0.05) is 37.3 Å². The lowest BCUT2D eigenvalue weighted by Crippen LogP contribution is -2.24. The van der Waals surface area contributed by atoms with Gasteiger partial charge in [0.15, 0.2) is 0 Å². The van der Waals surface area contributed by atoms with Crippen LogP contribution in [0.1, 0.15) is 36.7 Å². The van der Waals surface area contributed by atoms with Gasteiger partial charge in [-0.3, -0.25) is 4.68 Å². The zero-order chi connectivity index (χ0) is 14.4. The summed E-state index contributed by atoms with van der Waals surface area (Å²) in [4.78, 5) is 0. The van der Waals surface area contributed by atoms with Gasteiger partial charge in [0.2, 0.25) is 0 Å². The van der Waals surface area contributed by atoms with Crippen LogP contribution in [0.3, 0.4) is 0 Å². The van der Waals surface area contributed by atoms with Crippen molar-refractivity contribution in [1.82, 2.24) is 9.78 Å². The highest BCUT2D eigenvalue weighted by Gasteiger charge is 2.09. The largest absolute Gasteiger partial charge is 0.327 e. The minimum Gasteiger partial charge on any atom is -0.327 e. The smallest absolute Gasteiger partial charge is 0.0624 e. The maximum atomic E-state index is 6.25. The number of nitrogens with zero attached hydrogens (tertiary/aromatic N) is 2. The molecule has 0 aliphatic carbocycles. The van der Waals surface area contributed by atoms with Gasteiger partial charge in [-0.05, 0) is 37.3 Å². The number of hydrogen-bond donors (Lipinski definition) is 1. The summed E-state index contributed by atoms with van der Waals surface area (Å²) in [6, 6.07) is 13.0. The molecule has 1 unspecified atom stereocenters. The third-order valence-corrected chi connectivity index (χ3v) is 3.74. The molecule has 1 aromatic heterocycles. The van der Waals surface area contributed by atoms with E-state index in [1.807, 2.05) is 11.7 Å². The summed E-state index contributed by atoms with van der Waals surface area (Å²) < 4.78 is 1.97. The fourth-order valence-corrected chi connectivity index (χ4v) is 2.52. The Morgan fingerprint density at radius 1 is 1.25 bits per heavy atom. The Bertz CT molecular complexity index is 516. The van der Waals surface area contributed by atoms with E-state index in [0.717, 1.165) is 37.8 Å². The molecular weight excluding hydrogens is 246 g/mol. The van der Waals surface area contributed by atoms with E-state index in [2.05, 4.69) is 48.4 Å². The number of aryl methyl sites for hydroxylation is 3. The molecule has 1 aromatic carbocycles. The van der Waals surface area contributed by atoms with Crippen LogP contribution in [0.4, 0.5) is 0 Å². The van der Waals surface area contributed by atoms with Crippen LogP contribution >= 0.6 is 0 Å². The average molecular weight is 271 g/mol. The van der Waals surface area contributed by atoms with Crippen molar-refractivity contribution in [3.8, 4) is 0 Å². The second kappa shape index (κ2) is 7.25. The molecule has 0 spiro atoms.